The fourth-order valence-electron chi connectivity index (χ4n) is 4.15. The molecule has 4 aromatic rings. The topological polar surface area (TPSA) is 94.8 Å². The molecule has 1 amide bonds. The second-order valence-corrected chi connectivity index (χ2v) is 9.74. The number of fused-ring (bicyclic) bond motifs is 2. The average molecular weight is 492 g/mol. The number of nitrogens with zero attached hydrogens (tertiary/aromatic N) is 3. The van der Waals surface area contributed by atoms with Crippen LogP contribution in [0, 0.1) is 5.92 Å². The zero-order valence-corrected chi connectivity index (χ0v) is 20.7. The third-order valence-corrected chi connectivity index (χ3v) is 6.88. The molecule has 1 atom stereocenters. The number of methoxy groups -OCH3 is 1. The van der Waals surface area contributed by atoms with Gasteiger partial charge >= 0.3 is 0 Å². The third kappa shape index (κ3) is 3.95. The predicted octanol–water partition coefficient (Wildman–Crippen LogP) is 5.00. The molecule has 180 valence electrons. The highest BCUT2D eigenvalue weighted by Crippen LogP contribution is 2.44. The van der Waals surface area contributed by atoms with Crippen LogP contribution in [0.1, 0.15) is 53.5 Å². The highest BCUT2D eigenvalue weighted by Gasteiger charge is 2.45. The van der Waals surface area contributed by atoms with Crippen LogP contribution in [0.4, 0.5) is 5.13 Å². The molecule has 35 heavy (non-hydrogen) atoms. The van der Waals surface area contributed by atoms with Gasteiger partial charge < -0.3 is 13.9 Å². The molecular weight excluding hydrogens is 466 g/mol. The molecule has 9 heteroatoms. The zero-order chi connectivity index (χ0) is 24.7. The van der Waals surface area contributed by atoms with Gasteiger partial charge in [-0.05, 0) is 42.2 Å². The number of amides is 1. The summed E-state index contributed by atoms with van der Waals surface area (Å²) in [7, 11) is 1.56. The first-order valence-electron chi connectivity index (χ1n) is 11.4. The summed E-state index contributed by atoms with van der Waals surface area (Å²) in [5, 5.41) is 10.1. The minimum absolute atomic E-state index is 0.0195. The lowest BCUT2D eigenvalue weighted by atomic mass is 9.98. The molecule has 0 N–H and O–H groups in total. The van der Waals surface area contributed by atoms with Crippen LogP contribution in [-0.2, 0) is 6.42 Å². The van der Waals surface area contributed by atoms with E-state index < -0.39 is 11.9 Å². The van der Waals surface area contributed by atoms with Gasteiger partial charge in [-0.2, -0.15) is 0 Å². The van der Waals surface area contributed by atoms with Gasteiger partial charge in [0, 0.05) is 0 Å². The lowest BCUT2D eigenvalue weighted by molar-refractivity contribution is 0.0970. The molecule has 0 fully saturated rings. The summed E-state index contributed by atoms with van der Waals surface area (Å²) in [6.45, 7) is 6.64. The Labute approximate surface area is 206 Å². The van der Waals surface area contributed by atoms with E-state index in [-0.39, 0.29) is 16.8 Å². The molecule has 8 nitrogen and oxygen atoms in total. The molecule has 2 aromatic carbocycles. The normalized spacial score (nSPS) is 15.2. The van der Waals surface area contributed by atoms with E-state index in [1.54, 1.807) is 43.5 Å². The first-order valence-corrected chi connectivity index (χ1v) is 12.3. The summed E-state index contributed by atoms with van der Waals surface area (Å²) in [4.78, 5) is 28.8. The number of benzene rings is 2. The van der Waals surface area contributed by atoms with E-state index in [9.17, 15) is 9.59 Å². The summed E-state index contributed by atoms with van der Waals surface area (Å²) < 4.78 is 17.5. The number of hydrogen-bond donors (Lipinski definition) is 0. The smallest absolute Gasteiger partial charge is 0.297 e. The first kappa shape index (κ1) is 23.0. The van der Waals surface area contributed by atoms with Crippen LogP contribution in [0.15, 0.2) is 51.7 Å². The number of para-hydroxylation sites is 1. The Hall–Kier alpha value is -3.72. The average Bonchev–Trinajstić information content (AvgIpc) is 3.45. The van der Waals surface area contributed by atoms with Crippen LogP contribution >= 0.6 is 11.3 Å². The number of carbonyl (C=O) groups excluding carboxylic acids is 1. The van der Waals surface area contributed by atoms with Crippen LogP contribution in [0.5, 0.6) is 11.5 Å². The molecule has 5 rings (SSSR count). The van der Waals surface area contributed by atoms with Gasteiger partial charge in [-0.25, -0.2) is 0 Å². The maximum absolute atomic E-state index is 13.7. The summed E-state index contributed by atoms with van der Waals surface area (Å²) in [5.74, 6) is 1.05. The van der Waals surface area contributed by atoms with Crippen LogP contribution in [0.2, 0.25) is 0 Å². The van der Waals surface area contributed by atoms with E-state index >= 15 is 0 Å². The number of rotatable bonds is 7. The van der Waals surface area contributed by atoms with Gasteiger partial charge in [0.15, 0.2) is 16.9 Å². The largest absolute Gasteiger partial charge is 0.493 e. The van der Waals surface area contributed by atoms with Crippen LogP contribution < -0.4 is 19.8 Å². The molecule has 0 saturated carbocycles. The number of carbonyl (C=O) groups is 1. The minimum Gasteiger partial charge on any atom is -0.493 e. The Morgan fingerprint density at radius 1 is 1.11 bits per heavy atom. The summed E-state index contributed by atoms with van der Waals surface area (Å²) in [6, 6.07) is 11.6. The van der Waals surface area contributed by atoms with Crippen molar-refractivity contribution in [1.29, 1.82) is 0 Å². The van der Waals surface area contributed by atoms with Crippen LogP contribution in [0.25, 0.3) is 11.0 Å². The van der Waals surface area contributed by atoms with E-state index in [1.165, 1.54) is 16.2 Å². The van der Waals surface area contributed by atoms with E-state index in [0.717, 1.165) is 5.01 Å². The zero-order valence-electron chi connectivity index (χ0n) is 19.9. The standard InChI is InChI=1S/C26H25N3O5S/c1-5-20-27-28-26(35-20)29-22(15-10-11-18(19(12-15)32-4)33-13-14(2)3)21-23(30)16-8-6-7-9-17(16)34-24(21)25(29)31/h6-12,14,22H,5,13H2,1-4H3. The van der Waals surface area contributed by atoms with Gasteiger partial charge in [-0.15, -0.1) is 10.2 Å². The molecule has 2 aromatic heterocycles. The molecule has 1 aliphatic heterocycles. The Morgan fingerprint density at radius 2 is 1.91 bits per heavy atom. The maximum atomic E-state index is 13.7. The van der Waals surface area contributed by atoms with Crippen molar-refractivity contribution in [2.45, 2.75) is 33.2 Å². The number of hydrogen-bond acceptors (Lipinski definition) is 8. The van der Waals surface area contributed by atoms with E-state index in [0.29, 0.717) is 52.1 Å². The summed E-state index contributed by atoms with van der Waals surface area (Å²) in [6.07, 6.45) is 0.689. The number of aryl methyl sites for hydroxylation is 1. The maximum Gasteiger partial charge on any atom is 0.297 e. The molecule has 0 bridgehead atoms. The van der Waals surface area contributed by atoms with Crippen molar-refractivity contribution < 1.29 is 18.7 Å². The van der Waals surface area contributed by atoms with Crippen LogP contribution in [0.3, 0.4) is 0 Å². The number of anilines is 1. The second kappa shape index (κ2) is 9.14. The molecule has 0 aliphatic carbocycles. The van der Waals surface area contributed by atoms with Gasteiger partial charge in [0.05, 0.1) is 30.7 Å². The van der Waals surface area contributed by atoms with Gasteiger partial charge in [-0.3, -0.25) is 14.5 Å². The van der Waals surface area contributed by atoms with Crippen molar-refractivity contribution >= 4 is 33.3 Å². The lowest BCUT2D eigenvalue weighted by Crippen LogP contribution is -2.29. The summed E-state index contributed by atoms with van der Waals surface area (Å²) in [5.41, 5.74) is 1.08. The quantitative estimate of drug-likeness (QED) is 0.359. The van der Waals surface area contributed by atoms with Gasteiger partial charge in [0.2, 0.25) is 10.9 Å². The lowest BCUT2D eigenvalue weighted by Gasteiger charge is -2.23. The Balaban J connectivity index is 1.71. The van der Waals surface area contributed by atoms with Crippen LogP contribution in [-0.4, -0.2) is 29.8 Å². The Bertz CT molecular complexity index is 1480. The Kier molecular flexibility index (Phi) is 6.02. The first-order chi connectivity index (χ1) is 16.9. The molecule has 1 aliphatic rings. The molecule has 1 unspecified atom stereocenters. The van der Waals surface area contributed by atoms with E-state index in [2.05, 4.69) is 24.0 Å². The van der Waals surface area contributed by atoms with Crippen molar-refractivity contribution in [2.24, 2.45) is 5.92 Å². The van der Waals surface area contributed by atoms with Gasteiger partial charge in [-0.1, -0.05) is 50.3 Å². The molecule has 3 heterocycles. The van der Waals surface area contributed by atoms with Crippen molar-refractivity contribution in [3.63, 3.8) is 0 Å². The fourth-order valence-corrected chi connectivity index (χ4v) is 4.95. The van der Waals surface area contributed by atoms with Gasteiger partial charge in [0.25, 0.3) is 5.91 Å². The SMILES string of the molecule is CCc1nnc(N2C(=O)c3oc4ccccc4c(=O)c3C2c2ccc(OCC(C)C)c(OC)c2)s1. The van der Waals surface area contributed by atoms with Gasteiger partial charge in [0.1, 0.15) is 10.6 Å². The van der Waals surface area contributed by atoms with E-state index in [4.69, 9.17) is 13.9 Å². The number of aromatic nitrogens is 2. The molecule has 0 spiro atoms. The fraction of sp³-hybridized carbons (Fsp3) is 0.308. The highest BCUT2D eigenvalue weighted by molar-refractivity contribution is 7.15. The van der Waals surface area contributed by atoms with Crippen molar-refractivity contribution in [2.75, 3.05) is 18.6 Å². The molecule has 0 saturated heterocycles. The minimum atomic E-state index is -0.746. The highest BCUT2D eigenvalue weighted by atomic mass is 32.1. The third-order valence-electron chi connectivity index (χ3n) is 5.82. The number of ether oxygens (including phenoxy) is 2. The predicted molar refractivity (Wildman–Crippen MR) is 134 cm³/mol. The van der Waals surface area contributed by atoms with Crippen molar-refractivity contribution in [1.82, 2.24) is 10.2 Å². The van der Waals surface area contributed by atoms with Crippen molar-refractivity contribution in [3.8, 4) is 11.5 Å². The molecule has 0 radical (unpaired) electrons. The van der Waals surface area contributed by atoms with E-state index in [1.807, 2.05) is 13.0 Å². The monoisotopic (exact) mass is 491 g/mol. The Morgan fingerprint density at radius 3 is 2.63 bits per heavy atom. The summed E-state index contributed by atoms with van der Waals surface area (Å²) >= 11 is 1.32. The molecular formula is C26H25N3O5S. The second-order valence-electron chi connectivity index (χ2n) is 8.69. The van der Waals surface area contributed by atoms with Crippen molar-refractivity contribution in [3.05, 3.63) is 74.6 Å².